The van der Waals surface area contributed by atoms with Gasteiger partial charge in [0.15, 0.2) is 0 Å². The lowest BCUT2D eigenvalue weighted by molar-refractivity contribution is 0.250. The number of carbonyl (C=O) groups is 1. The van der Waals surface area contributed by atoms with Crippen molar-refractivity contribution in [1.29, 1.82) is 0 Å². The molecule has 2 amide bonds. The molecule has 3 N–H and O–H groups in total. The van der Waals surface area contributed by atoms with E-state index >= 15 is 0 Å². The summed E-state index contributed by atoms with van der Waals surface area (Å²) >= 11 is 1.58. The van der Waals surface area contributed by atoms with E-state index < -0.39 is 6.03 Å². The van der Waals surface area contributed by atoms with Gasteiger partial charge in [0, 0.05) is 11.3 Å². The highest BCUT2D eigenvalue weighted by Gasteiger charge is 2.00. The maximum atomic E-state index is 12.8. The molecule has 1 heterocycles. The van der Waals surface area contributed by atoms with E-state index in [1.165, 1.54) is 12.1 Å². The average Bonchev–Trinajstić information content (AvgIpc) is 2.85. The number of benzene rings is 1. The second kappa shape index (κ2) is 6.73. The Bertz CT molecular complexity index is 653. The summed E-state index contributed by atoms with van der Waals surface area (Å²) in [5, 5.41) is 2.40. The van der Waals surface area contributed by atoms with E-state index in [4.69, 9.17) is 5.73 Å². The van der Waals surface area contributed by atoms with Crippen LogP contribution < -0.4 is 11.1 Å². The van der Waals surface area contributed by atoms with Crippen LogP contribution in [-0.2, 0) is 6.42 Å². The molecule has 0 atom stereocenters. The summed E-state index contributed by atoms with van der Waals surface area (Å²) in [5.74, 6) is 5.54. The summed E-state index contributed by atoms with van der Waals surface area (Å²) in [4.78, 5) is 12.5. The van der Waals surface area contributed by atoms with Crippen LogP contribution in [0, 0.1) is 17.7 Å². The number of hydrogen-bond donors (Lipinski definition) is 2. The Morgan fingerprint density at radius 2 is 2.00 bits per heavy atom. The Labute approximate surface area is 120 Å². The first-order chi connectivity index (χ1) is 9.63. The zero-order valence-electron chi connectivity index (χ0n) is 10.7. The zero-order chi connectivity index (χ0) is 14.4. The van der Waals surface area contributed by atoms with Crippen molar-refractivity contribution in [3.63, 3.8) is 0 Å². The first-order valence-corrected chi connectivity index (χ1v) is 6.80. The highest BCUT2D eigenvalue weighted by Crippen LogP contribution is 2.19. The summed E-state index contributed by atoms with van der Waals surface area (Å²) in [6.45, 7) is 0.237. The van der Waals surface area contributed by atoms with Crippen LogP contribution in [0.3, 0.4) is 0 Å². The summed E-state index contributed by atoms with van der Waals surface area (Å²) < 4.78 is 12.8. The summed E-state index contributed by atoms with van der Waals surface area (Å²) in [6.07, 6.45) is 0.756. The molecule has 0 bridgehead atoms. The molecule has 5 heteroatoms. The predicted octanol–water partition coefficient (Wildman–Crippen LogP) is 2.50. The Kier molecular flexibility index (Phi) is 4.75. The zero-order valence-corrected chi connectivity index (χ0v) is 11.5. The van der Waals surface area contributed by atoms with Gasteiger partial charge in [-0.15, -0.1) is 11.3 Å². The first kappa shape index (κ1) is 14.1. The molecule has 2 aromatic rings. The van der Waals surface area contributed by atoms with Gasteiger partial charge in [0.05, 0.1) is 11.4 Å². The predicted molar refractivity (Wildman–Crippen MR) is 78.0 cm³/mol. The van der Waals surface area contributed by atoms with E-state index in [1.807, 2.05) is 12.1 Å². The average molecular weight is 288 g/mol. The minimum atomic E-state index is -0.581. The van der Waals surface area contributed by atoms with Crippen molar-refractivity contribution < 1.29 is 9.18 Å². The second-order valence-corrected chi connectivity index (χ2v) is 5.26. The fourth-order valence-electron chi connectivity index (χ4n) is 1.61. The number of nitrogens with two attached hydrogens (primary N) is 1. The number of carbonyl (C=O) groups excluding carboxylic acids is 1. The number of nitrogens with one attached hydrogen (secondary N) is 1. The van der Waals surface area contributed by atoms with E-state index in [9.17, 15) is 9.18 Å². The first-order valence-electron chi connectivity index (χ1n) is 5.99. The number of hydrogen-bond acceptors (Lipinski definition) is 2. The highest BCUT2D eigenvalue weighted by molar-refractivity contribution is 7.12. The van der Waals surface area contributed by atoms with Crippen LogP contribution in [0.4, 0.5) is 9.18 Å². The monoisotopic (exact) mass is 288 g/mol. The van der Waals surface area contributed by atoms with Gasteiger partial charge < -0.3 is 11.1 Å². The van der Waals surface area contributed by atoms with Gasteiger partial charge in [0.2, 0.25) is 0 Å². The van der Waals surface area contributed by atoms with Crippen LogP contribution in [0.1, 0.15) is 15.3 Å². The third kappa shape index (κ3) is 4.41. The fourth-order valence-corrected chi connectivity index (χ4v) is 2.52. The molecule has 1 aromatic heterocycles. The van der Waals surface area contributed by atoms with Gasteiger partial charge in [-0.2, -0.15) is 0 Å². The Balaban J connectivity index is 1.95. The standard InChI is InChI=1S/C15H13FN2OS/c16-12-5-3-11(4-6-12)10-14-8-7-13(20-14)2-1-9-18-15(17)19/h3-8H,9-10H2,(H3,17,18,19). The molecule has 0 radical (unpaired) electrons. The van der Waals surface area contributed by atoms with Gasteiger partial charge in [-0.25, -0.2) is 9.18 Å². The normalized spacial score (nSPS) is 9.65. The third-order valence-electron chi connectivity index (χ3n) is 2.52. The molecule has 20 heavy (non-hydrogen) atoms. The number of urea groups is 1. The maximum Gasteiger partial charge on any atom is 0.312 e. The van der Waals surface area contributed by atoms with Crippen molar-refractivity contribution in [2.24, 2.45) is 5.73 Å². The van der Waals surface area contributed by atoms with Crippen LogP contribution in [0.2, 0.25) is 0 Å². The maximum absolute atomic E-state index is 12.8. The van der Waals surface area contributed by atoms with Crippen molar-refractivity contribution in [2.45, 2.75) is 6.42 Å². The molecule has 0 saturated carbocycles. The van der Waals surface area contributed by atoms with Gasteiger partial charge in [-0.3, -0.25) is 0 Å². The number of thiophene rings is 1. The number of halogens is 1. The molecular weight excluding hydrogens is 275 g/mol. The minimum absolute atomic E-state index is 0.228. The van der Waals surface area contributed by atoms with E-state index in [0.29, 0.717) is 0 Å². The van der Waals surface area contributed by atoms with Crippen molar-refractivity contribution in [3.8, 4) is 11.8 Å². The lowest BCUT2D eigenvalue weighted by atomic mass is 10.1. The molecule has 0 aliphatic heterocycles. The van der Waals surface area contributed by atoms with Gasteiger partial charge in [0.25, 0.3) is 0 Å². The largest absolute Gasteiger partial charge is 0.352 e. The van der Waals surface area contributed by atoms with Crippen molar-refractivity contribution in [2.75, 3.05) is 6.54 Å². The van der Waals surface area contributed by atoms with Gasteiger partial charge in [0.1, 0.15) is 5.82 Å². The number of amides is 2. The second-order valence-electron chi connectivity index (χ2n) is 4.09. The van der Waals surface area contributed by atoms with Crippen molar-refractivity contribution in [3.05, 3.63) is 57.5 Å². The smallest absolute Gasteiger partial charge is 0.312 e. The highest BCUT2D eigenvalue weighted by atomic mass is 32.1. The molecule has 0 aliphatic carbocycles. The Hall–Kier alpha value is -2.32. The lowest BCUT2D eigenvalue weighted by Gasteiger charge is -1.97. The van der Waals surface area contributed by atoms with Crippen LogP contribution >= 0.6 is 11.3 Å². The Morgan fingerprint density at radius 3 is 2.70 bits per heavy atom. The number of rotatable bonds is 3. The van der Waals surface area contributed by atoms with Crippen molar-refractivity contribution in [1.82, 2.24) is 5.32 Å². The minimum Gasteiger partial charge on any atom is -0.352 e. The third-order valence-corrected chi connectivity index (χ3v) is 3.52. The van der Waals surface area contributed by atoms with E-state index in [0.717, 1.165) is 21.7 Å². The van der Waals surface area contributed by atoms with Crippen LogP contribution in [0.25, 0.3) is 0 Å². The number of primary amides is 1. The Morgan fingerprint density at radius 1 is 1.25 bits per heavy atom. The van der Waals surface area contributed by atoms with Crippen molar-refractivity contribution >= 4 is 17.4 Å². The molecule has 2 rings (SSSR count). The molecule has 0 saturated heterocycles. The molecule has 1 aromatic carbocycles. The summed E-state index contributed by atoms with van der Waals surface area (Å²) in [5.41, 5.74) is 5.99. The lowest BCUT2D eigenvalue weighted by Crippen LogP contribution is -2.29. The SMILES string of the molecule is NC(=O)NCC#Cc1ccc(Cc2ccc(F)cc2)s1. The van der Waals surface area contributed by atoms with Crippen LogP contribution in [0.15, 0.2) is 36.4 Å². The summed E-state index contributed by atoms with van der Waals surface area (Å²) in [7, 11) is 0. The van der Waals surface area contributed by atoms with Crippen LogP contribution in [0.5, 0.6) is 0 Å². The topological polar surface area (TPSA) is 55.1 Å². The van der Waals surface area contributed by atoms with E-state index in [1.54, 1.807) is 23.5 Å². The molecule has 0 spiro atoms. The molecule has 3 nitrogen and oxygen atoms in total. The molecule has 102 valence electrons. The molecule has 0 aliphatic rings. The fraction of sp³-hybridized carbons (Fsp3) is 0.133. The molecular formula is C15H13FN2OS. The van der Waals surface area contributed by atoms with Gasteiger partial charge >= 0.3 is 6.03 Å². The van der Waals surface area contributed by atoms with Gasteiger partial charge in [-0.05, 0) is 29.8 Å². The molecule has 0 unspecified atom stereocenters. The van der Waals surface area contributed by atoms with Crippen LogP contribution in [-0.4, -0.2) is 12.6 Å². The summed E-state index contributed by atoms with van der Waals surface area (Å²) in [6, 6.07) is 9.81. The van der Waals surface area contributed by atoms with E-state index in [2.05, 4.69) is 17.2 Å². The molecule has 0 fully saturated rings. The van der Waals surface area contributed by atoms with Gasteiger partial charge in [-0.1, -0.05) is 24.0 Å². The van der Waals surface area contributed by atoms with E-state index in [-0.39, 0.29) is 12.4 Å². The quantitative estimate of drug-likeness (QED) is 0.838.